The van der Waals surface area contributed by atoms with Crippen LogP contribution in [0.15, 0.2) is 0 Å². The van der Waals surface area contributed by atoms with Crippen molar-refractivity contribution in [3.05, 3.63) is 0 Å². The third-order valence-electron chi connectivity index (χ3n) is 3.63. The molecule has 1 aliphatic heterocycles. The van der Waals surface area contributed by atoms with Gasteiger partial charge in [0, 0.05) is 31.7 Å². The first-order valence-electron chi connectivity index (χ1n) is 6.16. The van der Waals surface area contributed by atoms with Crippen molar-refractivity contribution in [1.29, 1.82) is 0 Å². The van der Waals surface area contributed by atoms with Gasteiger partial charge in [0.1, 0.15) is 0 Å². The molecule has 2 rings (SSSR count). The highest BCUT2D eigenvalue weighted by Crippen LogP contribution is 2.36. The van der Waals surface area contributed by atoms with Gasteiger partial charge >= 0.3 is 0 Å². The lowest BCUT2D eigenvalue weighted by Gasteiger charge is -2.33. The molecule has 0 N–H and O–H groups in total. The minimum absolute atomic E-state index is 0.0748. The van der Waals surface area contributed by atoms with Gasteiger partial charge in [-0.25, -0.2) is 8.78 Å². The first-order valence-corrected chi connectivity index (χ1v) is 6.16. The van der Waals surface area contributed by atoms with Gasteiger partial charge in [-0.3, -0.25) is 9.59 Å². The van der Waals surface area contributed by atoms with Crippen LogP contribution in [0, 0.1) is 5.92 Å². The Morgan fingerprint density at radius 3 is 2.53 bits per heavy atom. The Kier molecular flexibility index (Phi) is 3.45. The van der Waals surface area contributed by atoms with E-state index in [0.717, 1.165) is 0 Å². The molecule has 2 fully saturated rings. The lowest BCUT2D eigenvalue weighted by Crippen LogP contribution is -2.44. The molecule has 1 heterocycles. The van der Waals surface area contributed by atoms with E-state index in [4.69, 9.17) is 0 Å². The number of ketones is 1. The molecule has 0 aromatic carbocycles. The summed E-state index contributed by atoms with van der Waals surface area (Å²) < 4.78 is 25.9. The molecule has 3 nitrogen and oxygen atoms in total. The maximum Gasteiger partial charge on any atom is 0.248 e. The highest BCUT2D eigenvalue weighted by atomic mass is 19.3. The number of likely N-dealkylation sites (tertiary alicyclic amines) is 1. The second-order valence-corrected chi connectivity index (χ2v) is 5.03. The Morgan fingerprint density at radius 2 is 1.94 bits per heavy atom. The molecular formula is C12H17F2NO2. The number of alkyl halides is 2. The summed E-state index contributed by atoms with van der Waals surface area (Å²) in [6.07, 6.45) is 1.32. The summed E-state index contributed by atoms with van der Waals surface area (Å²) >= 11 is 0. The molecule has 1 saturated heterocycles. The van der Waals surface area contributed by atoms with Crippen LogP contribution in [-0.4, -0.2) is 35.6 Å². The lowest BCUT2D eigenvalue weighted by atomic mass is 9.85. The van der Waals surface area contributed by atoms with Gasteiger partial charge in [-0.05, 0) is 19.3 Å². The number of carbonyl (C=O) groups excluding carboxylic acids is 2. The minimum atomic E-state index is -2.60. The monoisotopic (exact) mass is 245 g/mol. The van der Waals surface area contributed by atoms with Gasteiger partial charge < -0.3 is 4.90 Å². The van der Waals surface area contributed by atoms with Crippen LogP contribution in [0.4, 0.5) is 8.78 Å². The number of carbonyl (C=O) groups is 2. The van der Waals surface area contributed by atoms with E-state index in [-0.39, 0.29) is 49.8 Å². The maximum atomic E-state index is 13.0. The van der Waals surface area contributed by atoms with Crippen molar-refractivity contribution in [2.24, 2.45) is 5.92 Å². The van der Waals surface area contributed by atoms with E-state index in [2.05, 4.69) is 0 Å². The maximum absolute atomic E-state index is 13.0. The smallest absolute Gasteiger partial charge is 0.248 e. The number of halogens is 2. The number of nitrogens with zero attached hydrogens (tertiary/aromatic N) is 1. The molecular weight excluding hydrogens is 228 g/mol. The summed E-state index contributed by atoms with van der Waals surface area (Å²) in [5.74, 6) is -2.94. The third-order valence-corrected chi connectivity index (χ3v) is 3.63. The van der Waals surface area contributed by atoms with Gasteiger partial charge in [0.2, 0.25) is 11.8 Å². The average Bonchev–Trinajstić information content (AvgIpc) is 2.28. The van der Waals surface area contributed by atoms with Crippen molar-refractivity contribution < 1.29 is 18.4 Å². The van der Waals surface area contributed by atoms with E-state index >= 15 is 0 Å². The molecule has 0 aromatic rings. The first-order chi connectivity index (χ1) is 7.98. The summed E-state index contributed by atoms with van der Waals surface area (Å²) in [5, 5.41) is 0. The Balaban J connectivity index is 1.90. The fourth-order valence-electron chi connectivity index (χ4n) is 2.57. The Bertz CT molecular complexity index is 320. The zero-order chi connectivity index (χ0) is 12.5. The molecule has 0 spiro atoms. The first kappa shape index (κ1) is 12.5. The lowest BCUT2D eigenvalue weighted by molar-refractivity contribution is -0.144. The topological polar surface area (TPSA) is 37.4 Å². The number of hydrogen-bond donors (Lipinski definition) is 0. The quantitative estimate of drug-likeness (QED) is 0.708. The molecule has 2 aliphatic rings. The van der Waals surface area contributed by atoms with Crippen LogP contribution in [0.2, 0.25) is 0 Å². The van der Waals surface area contributed by atoms with E-state index in [1.54, 1.807) is 4.90 Å². The molecule has 1 saturated carbocycles. The van der Waals surface area contributed by atoms with E-state index < -0.39 is 5.92 Å². The highest BCUT2D eigenvalue weighted by Gasteiger charge is 2.39. The average molecular weight is 245 g/mol. The van der Waals surface area contributed by atoms with Gasteiger partial charge in [-0.1, -0.05) is 0 Å². The number of amides is 1. The fourth-order valence-corrected chi connectivity index (χ4v) is 2.57. The number of Topliss-reactive ketones (excluding diaryl/α,β-unsaturated/α-hetero) is 1. The van der Waals surface area contributed by atoms with Crippen LogP contribution in [0.25, 0.3) is 0 Å². The van der Waals surface area contributed by atoms with Crippen molar-refractivity contribution in [2.75, 3.05) is 13.1 Å². The molecule has 1 aliphatic carbocycles. The fraction of sp³-hybridized carbons (Fsp3) is 0.833. The molecule has 0 atom stereocenters. The summed E-state index contributed by atoms with van der Waals surface area (Å²) in [6.45, 7) is 0.767. The van der Waals surface area contributed by atoms with E-state index in [1.165, 1.54) is 0 Å². The number of piperidine rings is 1. The zero-order valence-electron chi connectivity index (χ0n) is 9.75. The number of rotatable bonds is 1. The minimum Gasteiger partial charge on any atom is -0.335 e. The van der Waals surface area contributed by atoms with Crippen LogP contribution < -0.4 is 0 Å². The Hall–Kier alpha value is -1.00. The van der Waals surface area contributed by atoms with Gasteiger partial charge in [0.15, 0.2) is 5.78 Å². The second-order valence-electron chi connectivity index (χ2n) is 5.03. The Morgan fingerprint density at radius 1 is 1.29 bits per heavy atom. The van der Waals surface area contributed by atoms with Gasteiger partial charge in [0.25, 0.3) is 0 Å². The van der Waals surface area contributed by atoms with Crippen LogP contribution in [0.5, 0.6) is 0 Å². The van der Waals surface area contributed by atoms with Gasteiger partial charge in [-0.15, -0.1) is 0 Å². The van der Waals surface area contributed by atoms with Crippen LogP contribution in [0.3, 0.4) is 0 Å². The molecule has 17 heavy (non-hydrogen) atoms. The van der Waals surface area contributed by atoms with Crippen molar-refractivity contribution in [3.8, 4) is 0 Å². The zero-order valence-corrected chi connectivity index (χ0v) is 9.75. The van der Waals surface area contributed by atoms with E-state index in [9.17, 15) is 18.4 Å². The SMILES string of the molecule is O=C1CCCN(C(=O)C2CCC(F)(F)CC2)C1. The normalized spacial score (nSPS) is 26.0. The van der Waals surface area contributed by atoms with E-state index in [1.807, 2.05) is 0 Å². The second kappa shape index (κ2) is 4.70. The molecule has 0 aromatic heterocycles. The molecule has 0 bridgehead atoms. The summed E-state index contributed by atoms with van der Waals surface area (Å²) in [5.41, 5.74) is 0. The highest BCUT2D eigenvalue weighted by molar-refractivity contribution is 5.88. The predicted octanol–water partition coefficient (Wildman–Crippen LogP) is 2.00. The van der Waals surface area contributed by atoms with Crippen molar-refractivity contribution in [1.82, 2.24) is 4.90 Å². The van der Waals surface area contributed by atoms with E-state index in [0.29, 0.717) is 19.4 Å². The van der Waals surface area contributed by atoms with Gasteiger partial charge in [-0.2, -0.15) is 0 Å². The standard InChI is InChI=1S/C12H17F2NO2/c13-12(14)5-3-9(4-6-12)11(17)15-7-1-2-10(16)8-15/h9H,1-8H2. The Labute approximate surface area is 99.2 Å². The number of hydrogen-bond acceptors (Lipinski definition) is 2. The summed E-state index contributed by atoms with van der Waals surface area (Å²) in [6, 6.07) is 0. The summed E-state index contributed by atoms with van der Waals surface area (Å²) in [4.78, 5) is 24.8. The molecule has 5 heteroatoms. The van der Waals surface area contributed by atoms with Crippen LogP contribution >= 0.6 is 0 Å². The predicted molar refractivity (Wildman–Crippen MR) is 57.7 cm³/mol. The summed E-state index contributed by atoms with van der Waals surface area (Å²) in [7, 11) is 0. The largest absolute Gasteiger partial charge is 0.335 e. The third kappa shape index (κ3) is 3.01. The van der Waals surface area contributed by atoms with Crippen molar-refractivity contribution in [3.63, 3.8) is 0 Å². The van der Waals surface area contributed by atoms with Crippen molar-refractivity contribution >= 4 is 11.7 Å². The van der Waals surface area contributed by atoms with Crippen LogP contribution in [-0.2, 0) is 9.59 Å². The molecule has 0 radical (unpaired) electrons. The molecule has 96 valence electrons. The van der Waals surface area contributed by atoms with Gasteiger partial charge in [0.05, 0.1) is 6.54 Å². The molecule has 1 amide bonds. The van der Waals surface area contributed by atoms with Crippen molar-refractivity contribution in [2.45, 2.75) is 44.4 Å². The molecule has 0 unspecified atom stereocenters. The van der Waals surface area contributed by atoms with Crippen LogP contribution in [0.1, 0.15) is 38.5 Å².